The molecule has 5 heteroatoms. The van der Waals surface area contributed by atoms with Crippen LogP contribution in [0, 0.1) is 0 Å². The predicted octanol–water partition coefficient (Wildman–Crippen LogP) is 1.67. The fourth-order valence-electron chi connectivity index (χ4n) is 2.41. The summed E-state index contributed by atoms with van der Waals surface area (Å²) in [5.74, 6) is -0.00854. The molecule has 1 aliphatic heterocycles. The quantitative estimate of drug-likeness (QED) is 0.832. The molecule has 20 heavy (non-hydrogen) atoms. The van der Waals surface area contributed by atoms with Gasteiger partial charge in [0.25, 0.3) is 0 Å². The number of amides is 1. The summed E-state index contributed by atoms with van der Waals surface area (Å²) >= 11 is 0. The lowest BCUT2D eigenvalue weighted by Gasteiger charge is -2.33. The van der Waals surface area contributed by atoms with E-state index < -0.39 is 0 Å². The fraction of sp³-hybridized carbons (Fsp3) is 0.267. The Hall–Kier alpha value is -2.27. The van der Waals surface area contributed by atoms with Crippen LogP contribution < -0.4 is 0 Å². The minimum absolute atomic E-state index is 0.00854. The fourth-order valence-corrected chi connectivity index (χ4v) is 2.41. The van der Waals surface area contributed by atoms with E-state index in [9.17, 15) is 4.79 Å². The van der Waals surface area contributed by atoms with E-state index in [2.05, 4.69) is 9.97 Å². The predicted molar refractivity (Wildman–Crippen MR) is 73.8 cm³/mol. The summed E-state index contributed by atoms with van der Waals surface area (Å²) in [4.78, 5) is 21.8. The van der Waals surface area contributed by atoms with Crippen molar-refractivity contribution in [2.45, 2.75) is 6.04 Å². The first kappa shape index (κ1) is 12.7. The Kier molecular flexibility index (Phi) is 3.43. The molecule has 5 nitrogen and oxygen atoms in total. The highest BCUT2D eigenvalue weighted by atomic mass is 16.5. The maximum Gasteiger partial charge on any atom is 0.248 e. The van der Waals surface area contributed by atoms with Gasteiger partial charge in [0, 0.05) is 37.4 Å². The molecule has 3 rings (SSSR count). The standard InChI is InChI=1S/C15H15N3O2/c1-18-14(9-20-10-15(18)19)13-8-17-7-4-12(13)11-2-5-16-6-3-11/h2-8,14H,9-10H2,1H3. The molecule has 1 saturated heterocycles. The van der Waals surface area contributed by atoms with Crippen molar-refractivity contribution in [3.63, 3.8) is 0 Å². The first-order chi connectivity index (χ1) is 9.77. The lowest BCUT2D eigenvalue weighted by atomic mass is 9.96. The van der Waals surface area contributed by atoms with Crippen molar-refractivity contribution in [3.05, 3.63) is 48.5 Å². The highest BCUT2D eigenvalue weighted by Gasteiger charge is 2.28. The van der Waals surface area contributed by atoms with E-state index in [-0.39, 0.29) is 18.6 Å². The summed E-state index contributed by atoms with van der Waals surface area (Å²) in [5.41, 5.74) is 3.11. The number of carbonyl (C=O) groups is 1. The van der Waals surface area contributed by atoms with Gasteiger partial charge in [0.15, 0.2) is 0 Å². The van der Waals surface area contributed by atoms with Crippen molar-refractivity contribution in [2.75, 3.05) is 20.3 Å². The Balaban J connectivity index is 2.04. The largest absolute Gasteiger partial charge is 0.369 e. The van der Waals surface area contributed by atoms with Crippen molar-refractivity contribution >= 4 is 5.91 Å². The van der Waals surface area contributed by atoms with Crippen LogP contribution >= 0.6 is 0 Å². The molecule has 102 valence electrons. The van der Waals surface area contributed by atoms with Crippen LogP contribution in [0.15, 0.2) is 43.0 Å². The summed E-state index contributed by atoms with van der Waals surface area (Å²) in [6, 6.07) is 5.75. The second kappa shape index (κ2) is 5.38. The molecule has 0 spiro atoms. The molecular formula is C15H15N3O2. The lowest BCUT2D eigenvalue weighted by Crippen LogP contribution is -2.41. The Morgan fingerprint density at radius 2 is 1.95 bits per heavy atom. The molecule has 0 aromatic carbocycles. The van der Waals surface area contributed by atoms with Gasteiger partial charge in [-0.2, -0.15) is 0 Å². The minimum Gasteiger partial charge on any atom is -0.369 e. The molecule has 1 amide bonds. The molecule has 2 aromatic heterocycles. The van der Waals surface area contributed by atoms with Crippen LogP contribution in [0.3, 0.4) is 0 Å². The number of likely N-dealkylation sites (N-methyl/N-ethyl adjacent to an activating group) is 1. The zero-order chi connectivity index (χ0) is 13.9. The molecule has 2 aromatic rings. The molecule has 3 heterocycles. The van der Waals surface area contributed by atoms with Gasteiger partial charge >= 0.3 is 0 Å². The van der Waals surface area contributed by atoms with Crippen LogP contribution in [0.2, 0.25) is 0 Å². The summed E-state index contributed by atoms with van der Waals surface area (Å²) in [6.45, 7) is 0.643. The Morgan fingerprint density at radius 3 is 2.75 bits per heavy atom. The summed E-state index contributed by atoms with van der Waals surface area (Å²) < 4.78 is 5.38. The van der Waals surface area contributed by atoms with Gasteiger partial charge in [0.1, 0.15) is 6.61 Å². The molecule has 1 aliphatic rings. The van der Waals surface area contributed by atoms with Crippen LogP contribution in [-0.2, 0) is 9.53 Å². The number of aromatic nitrogens is 2. The second-order valence-electron chi connectivity index (χ2n) is 4.73. The van der Waals surface area contributed by atoms with Crippen molar-refractivity contribution in [1.82, 2.24) is 14.9 Å². The third-order valence-corrected chi connectivity index (χ3v) is 3.56. The Labute approximate surface area is 117 Å². The lowest BCUT2D eigenvalue weighted by molar-refractivity contribution is -0.146. The SMILES string of the molecule is CN1C(=O)COCC1c1cnccc1-c1ccncc1. The summed E-state index contributed by atoms with van der Waals surface area (Å²) in [7, 11) is 1.80. The van der Waals surface area contributed by atoms with Gasteiger partial charge in [0.05, 0.1) is 12.6 Å². The van der Waals surface area contributed by atoms with Crippen molar-refractivity contribution in [3.8, 4) is 11.1 Å². The highest BCUT2D eigenvalue weighted by molar-refractivity contribution is 5.79. The van der Waals surface area contributed by atoms with E-state index in [1.807, 2.05) is 18.2 Å². The van der Waals surface area contributed by atoms with Gasteiger partial charge in [-0.25, -0.2) is 0 Å². The van der Waals surface area contributed by atoms with E-state index in [0.29, 0.717) is 6.61 Å². The molecule has 0 bridgehead atoms. The topological polar surface area (TPSA) is 55.3 Å². The van der Waals surface area contributed by atoms with Crippen molar-refractivity contribution in [1.29, 1.82) is 0 Å². The molecule has 0 radical (unpaired) electrons. The third-order valence-electron chi connectivity index (χ3n) is 3.56. The number of rotatable bonds is 2. The second-order valence-corrected chi connectivity index (χ2v) is 4.73. The van der Waals surface area contributed by atoms with E-state index in [4.69, 9.17) is 4.74 Å². The number of hydrogen-bond donors (Lipinski definition) is 0. The molecular weight excluding hydrogens is 254 g/mol. The average Bonchev–Trinajstić information content (AvgIpc) is 2.51. The smallest absolute Gasteiger partial charge is 0.248 e. The van der Waals surface area contributed by atoms with Gasteiger partial charge in [0.2, 0.25) is 5.91 Å². The average molecular weight is 269 g/mol. The number of nitrogens with zero attached hydrogens (tertiary/aromatic N) is 3. The number of ether oxygens (including phenoxy) is 1. The molecule has 0 aliphatic carbocycles. The van der Waals surface area contributed by atoms with E-state index in [1.165, 1.54) is 0 Å². The maximum absolute atomic E-state index is 11.8. The van der Waals surface area contributed by atoms with Crippen molar-refractivity contribution in [2.24, 2.45) is 0 Å². The number of pyridine rings is 2. The zero-order valence-electron chi connectivity index (χ0n) is 11.2. The van der Waals surface area contributed by atoms with E-state index >= 15 is 0 Å². The Bertz CT molecular complexity index is 616. The molecule has 1 fully saturated rings. The number of carbonyl (C=O) groups excluding carboxylic acids is 1. The summed E-state index contributed by atoms with van der Waals surface area (Å²) in [6.07, 6.45) is 7.07. The van der Waals surface area contributed by atoms with Crippen LogP contribution in [-0.4, -0.2) is 41.0 Å². The van der Waals surface area contributed by atoms with Gasteiger partial charge in [-0.15, -0.1) is 0 Å². The zero-order valence-corrected chi connectivity index (χ0v) is 11.2. The number of morpholine rings is 1. The minimum atomic E-state index is -0.104. The normalized spacial score (nSPS) is 19.1. The van der Waals surface area contributed by atoms with Gasteiger partial charge in [-0.05, 0) is 29.3 Å². The van der Waals surface area contributed by atoms with Gasteiger partial charge < -0.3 is 9.64 Å². The first-order valence-corrected chi connectivity index (χ1v) is 6.45. The van der Waals surface area contributed by atoms with Crippen LogP contribution in [0.1, 0.15) is 11.6 Å². The molecule has 0 saturated carbocycles. The monoisotopic (exact) mass is 269 g/mol. The third kappa shape index (κ3) is 2.28. The first-order valence-electron chi connectivity index (χ1n) is 6.45. The highest BCUT2D eigenvalue weighted by Crippen LogP contribution is 2.31. The van der Waals surface area contributed by atoms with Crippen LogP contribution in [0.4, 0.5) is 0 Å². The van der Waals surface area contributed by atoms with E-state index in [0.717, 1.165) is 16.7 Å². The van der Waals surface area contributed by atoms with Crippen LogP contribution in [0.5, 0.6) is 0 Å². The maximum atomic E-state index is 11.8. The van der Waals surface area contributed by atoms with Gasteiger partial charge in [-0.1, -0.05) is 0 Å². The molecule has 0 N–H and O–H groups in total. The summed E-state index contributed by atoms with van der Waals surface area (Å²) in [5, 5.41) is 0. The Morgan fingerprint density at radius 1 is 1.20 bits per heavy atom. The number of hydrogen-bond acceptors (Lipinski definition) is 4. The van der Waals surface area contributed by atoms with Crippen LogP contribution in [0.25, 0.3) is 11.1 Å². The van der Waals surface area contributed by atoms with Crippen molar-refractivity contribution < 1.29 is 9.53 Å². The molecule has 1 unspecified atom stereocenters. The van der Waals surface area contributed by atoms with Gasteiger partial charge in [-0.3, -0.25) is 14.8 Å². The molecule has 1 atom stereocenters. The van der Waals surface area contributed by atoms with E-state index in [1.54, 1.807) is 36.7 Å².